The molecule has 0 bridgehead atoms. The fourth-order valence-electron chi connectivity index (χ4n) is 2.76. The van der Waals surface area contributed by atoms with Crippen LogP contribution in [0.4, 0.5) is 0 Å². The molecule has 1 aliphatic heterocycles. The molecule has 2 rings (SSSR count). The van der Waals surface area contributed by atoms with Gasteiger partial charge in [0.1, 0.15) is 0 Å². The smallest absolute Gasteiger partial charge is 0.231 e. The van der Waals surface area contributed by atoms with Crippen molar-refractivity contribution >= 4 is 9.84 Å². The average Bonchev–Trinajstić information content (AvgIpc) is 2.94. The van der Waals surface area contributed by atoms with Crippen molar-refractivity contribution in [2.75, 3.05) is 12.5 Å². The van der Waals surface area contributed by atoms with Gasteiger partial charge in [-0.2, -0.15) is 0 Å². The van der Waals surface area contributed by atoms with E-state index < -0.39 is 9.84 Å². The van der Waals surface area contributed by atoms with Gasteiger partial charge in [-0.05, 0) is 63.1 Å². The fraction of sp³-hybridized carbons (Fsp3) is 0.667. The number of aryl methyl sites for hydroxylation is 1. The molecule has 0 fully saturated rings. The van der Waals surface area contributed by atoms with Gasteiger partial charge in [-0.1, -0.05) is 19.4 Å². The van der Waals surface area contributed by atoms with Crippen LogP contribution in [0.15, 0.2) is 18.2 Å². The summed E-state index contributed by atoms with van der Waals surface area (Å²) in [7, 11) is -2.89. The van der Waals surface area contributed by atoms with Crippen molar-refractivity contribution in [3.63, 3.8) is 0 Å². The number of ether oxygens (including phenoxy) is 2. The molecule has 130 valence electrons. The first-order valence-corrected chi connectivity index (χ1v) is 10.2. The maximum Gasteiger partial charge on any atom is 0.231 e. The SMILES string of the molecule is CC(CCCc1ccc2c(c1)OCO2)CCCS(=O)(=O)C(C)C. The Bertz CT molecular complexity index is 607. The first-order valence-electron chi connectivity index (χ1n) is 8.48. The Hall–Kier alpha value is -1.23. The van der Waals surface area contributed by atoms with Gasteiger partial charge >= 0.3 is 0 Å². The molecular formula is C18H28O4S. The van der Waals surface area contributed by atoms with Crippen molar-refractivity contribution in [2.45, 2.75) is 58.1 Å². The third kappa shape index (κ3) is 5.41. The highest BCUT2D eigenvalue weighted by Crippen LogP contribution is 2.33. The zero-order chi connectivity index (χ0) is 16.9. The second-order valence-corrected chi connectivity index (χ2v) is 9.42. The first-order chi connectivity index (χ1) is 10.9. The molecule has 0 N–H and O–H groups in total. The fourth-order valence-corrected chi connectivity index (χ4v) is 3.80. The Kier molecular flexibility index (Phi) is 6.33. The highest BCUT2D eigenvalue weighted by molar-refractivity contribution is 7.91. The molecule has 1 aromatic rings. The van der Waals surface area contributed by atoms with E-state index in [1.54, 1.807) is 13.8 Å². The molecule has 1 aliphatic rings. The van der Waals surface area contributed by atoms with Crippen LogP contribution in [-0.2, 0) is 16.3 Å². The van der Waals surface area contributed by atoms with Crippen molar-refractivity contribution in [1.29, 1.82) is 0 Å². The van der Waals surface area contributed by atoms with Gasteiger partial charge in [0.25, 0.3) is 0 Å². The van der Waals surface area contributed by atoms with E-state index in [-0.39, 0.29) is 5.25 Å². The minimum atomic E-state index is -2.89. The van der Waals surface area contributed by atoms with E-state index in [4.69, 9.17) is 9.47 Å². The third-order valence-electron chi connectivity index (χ3n) is 4.44. The van der Waals surface area contributed by atoms with E-state index in [1.165, 1.54) is 5.56 Å². The summed E-state index contributed by atoms with van der Waals surface area (Å²) in [5.74, 6) is 2.55. The van der Waals surface area contributed by atoms with Crippen molar-refractivity contribution in [2.24, 2.45) is 5.92 Å². The van der Waals surface area contributed by atoms with E-state index >= 15 is 0 Å². The van der Waals surface area contributed by atoms with E-state index in [1.807, 2.05) is 6.07 Å². The second kappa shape index (κ2) is 8.04. The number of rotatable bonds is 9. The molecule has 0 aromatic heterocycles. The van der Waals surface area contributed by atoms with E-state index in [9.17, 15) is 8.42 Å². The summed E-state index contributed by atoms with van der Waals surface area (Å²) >= 11 is 0. The highest BCUT2D eigenvalue weighted by Gasteiger charge is 2.16. The van der Waals surface area contributed by atoms with Crippen LogP contribution in [0.1, 0.15) is 52.0 Å². The number of fused-ring (bicyclic) bond motifs is 1. The number of benzene rings is 1. The Morgan fingerprint density at radius 2 is 1.74 bits per heavy atom. The van der Waals surface area contributed by atoms with E-state index in [0.717, 1.165) is 43.6 Å². The van der Waals surface area contributed by atoms with Crippen LogP contribution in [0.2, 0.25) is 0 Å². The molecule has 0 radical (unpaired) electrons. The Morgan fingerprint density at radius 1 is 1.04 bits per heavy atom. The summed E-state index contributed by atoms with van der Waals surface area (Å²) in [5, 5.41) is -0.260. The van der Waals surface area contributed by atoms with Crippen LogP contribution in [0, 0.1) is 5.92 Å². The van der Waals surface area contributed by atoms with Crippen molar-refractivity contribution < 1.29 is 17.9 Å². The molecule has 1 unspecified atom stereocenters. The summed E-state index contributed by atoms with van der Waals surface area (Å²) in [4.78, 5) is 0. The molecule has 0 spiro atoms. The number of hydrogen-bond donors (Lipinski definition) is 0. The van der Waals surface area contributed by atoms with Crippen molar-refractivity contribution in [3.05, 3.63) is 23.8 Å². The normalized spacial score (nSPS) is 15.1. The lowest BCUT2D eigenvalue weighted by atomic mass is 9.97. The molecule has 0 saturated heterocycles. The van der Waals surface area contributed by atoms with Crippen molar-refractivity contribution in [1.82, 2.24) is 0 Å². The monoisotopic (exact) mass is 340 g/mol. The molecule has 1 heterocycles. The standard InChI is InChI=1S/C18H28O4S/c1-14(2)23(19,20)11-5-7-15(3)6-4-8-16-9-10-17-18(12-16)22-13-21-17/h9-10,12,14-15H,4-8,11,13H2,1-3H3. The molecule has 0 amide bonds. The molecule has 23 heavy (non-hydrogen) atoms. The molecule has 1 atom stereocenters. The molecule has 1 aromatic carbocycles. The van der Waals surface area contributed by atoms with Gasteiger partial charge in [0.05, 0.1) is 11.0 Å². The predicted molar refractivity (Wildman–Crippen MR) is 92.8 cm³/mol. The predicted octanol–water partition coefficient (Wildman–Crippen LogP) is 3.98. The van der Waals surface area contributed by atoms with Gasteiger partial charge in [-0.15, -0.1) is 0 Å². The quantitative estimate of drug-likeness (QED) is 0.682. The van der Waals surface area contributed by atoms with Crippen molar-refractivity contribution in [3.8, 4) is 11.5 Å². The third-order valence-corrected chi connectivity index (χ3v) is 6.74. The summed E-state index contributed by atoms with van der Waals surface area (Å²) in [5.41, 5.74) is 1.27. The zero-order valence-electron chi connectivity index (χ0n) is 14.4. The van der Waals surface area contributed by atoms with Gasteiger partial charge in [0.2, 0.25) is 6.79 Å². The highest BCUT2D eigenvalue weighted by atomic mass is 32.2. The second-order valence-electron chi connectivity index (χ2n) is 6.74. The first kappa shape index (κ1) is 18.1. The summed E-state index contributed by atoms with van der Waals surface area (Å²) in [6.07, 6.45) is 5.00. The molecule has 5 heteroatoms. The Morgan fingerprint density at radius 3 is 2.48 bits per heavy atom. The van der Waals surface area contributed by atoms with Gasteiger partial charge in [-0.3, -0.25) is 0 Å². The Balaban J connectivity index is 1.66. The summed E-state index contributed by atoms with van der Waals surface area (Å²) in [6, 6.07) is 6.12. The Labute approximate surface area is 140 Å². The van der Waals surface area contributed by atoms with Crippen LogP contribution in [0.25, 0.3) is 0 Å². The lowest BCUT2D eigenvalue weighted by Crippen LogP contribution is -2.18. The maximum absolute atomic E-state index is 11.8. The molecule has 0 saturated carbocycles. The molecular weight excluding hydrogens is 312 g/mol. The van der Waals surface area contributed by atoms with Gasteiger partial charge in [0.15, 0.2) is 21.3 Å². The maximum atomic E-state index is 11.8. The lowest BCUT2D eigenvalue weighted by molar-refractivity contribution is 0.174. The molecule has 0 aliphatic carbocycles. The van der Waals surface area contributed by atoms with Gasteiger partial charge in [0, 0.05) is 0 Å². The van der Waals surface area contributed by atoms with Gasteiger partial charge in [-0.25, -0.2) is 8.42 Å². The minimum absolute atomic E-state index is 0.260. The van der Waals surface area contributed by atoms with Crippen LogP contribution >= 0.6 is 0 Å². The van der Waals surface area contributed by atoms with Crippen LogP contribution in [-0.4, -0.2) is 26.2 Å². The minimum Gasteiger partial charge on any atom is -0.454 e. The van der Waals surface area contributed by atoms with E-state index in [2.05, 4.69) is 19.1 Å². The number of sulfone groups is 1. The zero-order valence-corrected chi connectivity index (χ0v) is 15.2. The summed E-state index contributed by atoms with van der Waals surface area (Å²) in [6.45, 7) is 6.03. The average molecular weight is 340 g/mol. The van der Waals surface area contributed by atoms with Gasteiger partial charge < -0.3 is 9.47 Å². The van der Waals surface area contributed by atoms with E-state index in [0.29, 0.717) is 18.5 Å². The largest absolute Gasteiger partial charge is 0.454 e. The lowest BCUT2D eigenvalue weighted by Gasteiger charge is -2.12. The summed E-state index contributed by atoms with van der Waals surface area (Å²) < 4.78 is 34.3. The van der Waals surface area contributed by atoms with Crippen LogP contribution in [0.3, 0.4) is 0 Å². The van der Waals surface area contributed by atoms with Crippen LogP contribution in [0.5, 0.6) is 11.5 Å². The number of hydrogen-bond acceptors (Lipinski definition) is 4. The van der Waals surface area contributed by atoms with Crippen LogP contribution < -0.4 is 9.47 Å². The topological polar surface area (TPSA) is 52.6 Å². The molecule has 4 nitrogen and oxygen atoms in total.